The van der Waals surface area contributed by atoms with Gasteiger partial charge in [-0.15, -0.1) is 0 Å². The molecule has 8 nitrogen and oxygen atoms in total. The first-order chi connectivity index (χ1) is 15.8. The van der Waals surface area contributed by atoms with Gasteiger partial charge in [-0.05, 0) is 57.5 Å². The SMILES string of the molecule is CCOC(=O)C1=C(C)N(c2ccccc2)C(C)=C(C(=O)OCC)C1c1cccc(N([O-])O)c1. The zero-order chi connectivity index (χ0) is 24.1. The van der Waals surface area contributed by atoms with E-state index in [1.165, 1.54) is 12.1 Å². The summed E-state index contributed by atoms with van der Waals surface area (Å²) in [4.78, 5) is 28.3. The van der Waals surface area contributed by atoms with Crippen LogP contribution in [0.3, 0.4) is 0 Å². The predicted molar refractivity (Wildman–Crippen MR) is 124 cm³/mol. The van der Waals surface area contributed by atoms with E-state index in [0.29, 0.717) is 17.0 Å². The maximum absolute atomic E-state index is 13.2. The van der Waals surface area contributed by atoms with Crippen molar-refractivity contribution in [1.29, 1.82) is 0 Å². The van der Waals surface area contributed by atoms with Gasteiger partial charge in [0.2, 0.25) is 0 Å². The molecule has 0 radical (unpaired) electrons. The maximum atomic E-state index is 13.2. The number of allylic oxidation sites excluding steroid dienone is 2. The number of anilines is 2. The Balaban J connectivity index is 2.33. The van der Waals surface area contributed by atoms with Crippen molar-refractivity contribution < 1.29 is 24.3 Å². The Kier molecular flexibility index (Phi) is 7.52. The van der Waals surface area contributed by atoms with Crippen molar-refractivity contribution in [2.45, 2.75) is 33.6 Å². The standard InChI is InChI=1S/C25H27N2O6/c1-5-32-24(28)21-16(3)26(19-12-8-7-9-13-19)17(4)22(25(29)33-6-2)23(21)18-11-10-14-20(15-18)27(30)31/h7-15,23,30H,5-6H2,1-4H3/q-1. The fourth-order valence-corrected chi connectivity index (χ4v) is 4.12. The molecular weight excluding hydrogens is 424 g/mol. The highest BCUT2D eigenvalue weighted by atomic mass is 16.8. The van der Waals surface area contributed by atoms with Crippen LogP contribution < -0.4 is 10.1 Å². The van der Waals surface area contributed by atoms with E-state index in [0.717, 1.165) is 5.69 Å². The fourth-order valence-electron chi connectivity index (χ4n) is 4.12. The van der Waals surface area contributed by atoms with Crippen LogP contribution in [0.2, 0.25) is 0 Å². The van der Waals surface area contributed by atoms with Crippen molar-refractivity contribution in [1.82, 2.24) is 0 Å². The van der Waals surface area contributed by atoms with E-state index < -0.39 is 17.9 Å². The van der Waals surface area contributed by atoms with Crippen LogP contribution >= 0.6 is 0 Å². The second-order valence-electron chi connectivity index (χ2n) is 7.41. The molecule has 0 aromatic heterocycles. The van der Waals surface area contributed by atoms with Crippen molar-refractivity contribution in [3.8, 4) is 0 Å². The van der Waals surface area contributed by atoms with Gasteiger partial charge in [-0.2, -0.15) is 0 Å². The molecule has 1 heterocycles. The predicted octanol–water partition coefficient (Wildman–Crippen LogP) is 4.66. The first kappa shape index (κ1) is 24.0. The minimum Gasteiger partial charge on any atom is -0.733 e. The molecule has 1 aliphatic heterocycles. The van der Waals surface area contributed by atoms with Gasteiger partial charge in [-0.1, -0.05) is 30.3 Å². The van der Waals surface area contributed by atoms with Gasteiger partial charge >= 0.3 is 11.9 Å². The highest BCUT2D eigenvalue weighted by Gasteiger charge is 2.41. The summed E-state index contributed by atoms with van der Waals surface area (Å²) in [5.41, 5.74) is 2.89. The van der Waals surface area contributed by atoms with Gasteiger partial charge in [0.05, 0.1) is 36.0 Å². The molecule has 0 saturated carbocycles. The molecule has 1 N–H and O–H groups in total. The molecule has 33 heavy (non-hydrogen) atoms. The minimum absolute atomic E-state index is 0.0280. The number of benzene rings is 2. The molecule has 2 aromatic carbocycles. The number of ether oxygens (including phenoxy) is 2. The van der Waals surface area contributed by atoms with Crippen LogP contribution in [0.5, 0.6) is 0 Å². The molecule has 0 atom stereocenters. The summed E-state index contributed by atoms with van der Waals surface area (Å²) in [5.74, 6) is -2.02. The second kappa shape index (κ2) is 10.3. The average Bonchev–Trinajstić information content (AvgIpc) is 2.79. The smallest absolute Gasteiger partial charge is 0.336 e. The van der Waals surface area contributed by atoms with Crippen molar-refractivity contribution in [3.63, 3.8) is 0 Å². The first-order valence-electron chi connectivity index (χ1n) is 10.7. The van der Waals surface area contributed by atoms with E-state index >= 15 is 0 Å². The molecule has 3 rings (SSSR count). The zero-order valence-electron chi connectivity index (χ0n) is 19.1. The molecule has 1 aliphatic rings. The fraction of sp³-hybridized carbons (Fsp3) is 0.280. The van der Waals surface area contributed by atoms with Crippen LogP contribution in [0.25, 0.3) is 0 Å². The largest absolute Gasteiger partial charge is 0.733 e. The van der Waals surface area contributed by atoms with Crippen molar-refractivity contribution in [2.75, 3.05) is 23.3 Å². The third kappa shape index (κ3) is 4.76. The van der Waals surface area contributed by atoms with Crippen molar-refractivity contribution in [2.24, 2.45) is 0 Å². The molecule has 0 spiro atoms. The summed E-state index contributed by atoms with van der Waals surface area (Å²) in [6.45, 7) is 7.28. The van der Waals surface area contributed by atoms with Crippen molar-refractivity contribution in [3.05, 3.63) is 87.9 Å². The van der Waals surface area contributed by atoms with Gasteiger partial charge in [0.15, 0.2) is 0 Å². The van der Waals surface area contributed by atoms with Crippen LogP contribution in [0.1, 0.15) is 39.2 Å². The van der Waals surface area contributed by atoms with Crippen LogP contribution in [0.4, 0.5) is 11.4 Å². The Labute approximate surface area is 192 Å². The van der Waals surface area contributed by atoms with Crippen LogP contribution in [-0.2, 0) is 19.1 Å². The minimum atomic E-state index is -0.858. The van der Waals surface area contributed by atoms with Gasteiger partial charge < -0.3 is 24.8 Å². The number of hydrogen-bond acceptors (Lipinski definition) is 8. The molecule has 0 unspecified atom stereocenters. The average molecular weight is 451 g/mol. The Morgan fingerprint density at radius 3 is 1.97 bits per heavy atom. The summed E-state index contributed by atoms with van der Waals surface area (Å²) >= 11 is 0. The molecule has 0 saturated heterocycles. The lowest BCUT2D eigenvalue weighted by atomic mass is 9.79. The Morgan fingerprint density at radius 1 is 0.939 bits per heavy atom. The van der Waals surface area contributed by atoms with Gasteiger partial charge in [0.1, 0.15) is 0 Å². The molecule has 0 bridgehead atoms. The normalized spacial score (nSPS) is 14.4. The quantitative estimate of drug-likeness (QED) is 0.479. The summed E-state index contributed by atoms with van der Waals surface area (Å²) < 4.78 is 10.7. The van der Waals surface area contributed by atoms with E-state index in [2.05, 4.69) is 0 Å². The molecule has 0 aliphatic carbocycles. The number of carbonyl (C=O) groups is 2. The number of rotatable bonds is 7. The lowest BCUT2D eigenvalue weighted by Gasteiger charge is -2.38. The van der Waals surface area contributed by atoms with E-state index in [9.17, 15) is 20.0 Å². The Bertz CT molecular complexity index is 1050. The number of hydrogen-bond donors (Lipinski definition) is 1. The van der Waals surface area contributed by atoms with E-state index in [1.807, 2.05) is 35.2 Å². The van der Waals surface area contributed by atoms with Crippen LogP contribution in [0.15, 0.2) is 77.1 Å². The van der Waals surface area contributed by atoms with Crippen LogP contribution in [0, 0.1) is 5.21 Å². The summed E-state index contributed by atoms with van der Waals surface area (Å²) in [7, 11) is 0. The zero-order valence-corrected chi connectivity index (χ0v) is 19.1. The lowest BCUT2D eigenvalue weighted by molar-refractivity contribution is -0.139. The number of nitrogens with zero attached hydrogens (tertiary/aromatic N) is 2. The number of para-hydroxylation sites is 1. The van der Waals surface area contributed by atoms with E-state index in [-0.39, 0.29) is 35.3 Å². The summed E-state index contributed by atoms with van der Waals surface area (Å²) in [6.07, 6.45) is 0. The third-order valence-corrected chi connectivity index (χ3v) is 5.46. The van der Waals surface area contributed by atoms with Gasteiger partial charge in [-0.25, -0.2) is 9.59 Å². The monoisotopic (exact) mass is 451 g/mol. The first-order valence-corrected chi connectivity index (χ1v) is 10.7. The van der Waals surface area contributed by atoms with Crippen molar-refractivity contribution >= 4 is 23.3 Å². The highest BCUT2D eigenvalue weighted by molar-refractivity contribution is 6.01. The summed E-state index contributed by atoms with van der Waals surface area (Å²) in [6, 6.07) is 15.5. The Morgan fingerprint density at radius 2 is 1.48 bits per heavy atom. The van der Waals surface area contributed by atoms with Gasteiger partial charge in [0, 0.05) is 17.1 Å². The molecule has 2 aromatic rings. The molecular formula is C25H27N2O6-. The number of carbonyl (C=O) groups excluding carboxylic acids is 2. The maximum Gasteiger partial charge on any atom is 0.336 e. The summed E-state index contributed by atoms with van der Waals surface area (Å²) in [5, 5.41) is 20.7. The Hall–Kier alpha value is -3.62. The molecule has 174 valence electrons. The topological polar surface area (TPSA) is 102 Å². The highest BCUT2D eigenvalue weighted by Crippen LogP contribution is 2.45. The molecule has 0 fully saturated rings. The van der Waals surface area contributed by atoms with Gasteiger partial charge in [0.25, 0.3) is 0 Å². The third-order valence-electron chi connectivity index (χ3n) is 5.46. The van der Waals surface area contributed by atoms with E-state index in [4.69, 9.17) is 9.47 Å². The van der Waals surface area contributed by atoms with Gasteiger partial charge in [-0.3, -0.25) is 5.21 Å². The molecule has 8 heteroatoms. The number of esters is 2. The molecule has 0 amide bonds. The lowest BCUT2D eigenvalue weighted by Crippen LogP contribution is -2.35. The van der Waals surface area contributed by atoms with E-state index in [1.54, 1.807) is 39.8 Å². The second-order valence-corrected chi connectivity index (χ2v) is 7.41. The van der Waals surface area contributed by atoms with Crippen LogP contribution in [-0.4, -0.2) is 30.4 Å².